The number of carbonyl (C=O) groups excluding carboxylic acids is 1. The van der Waals surface area contributed by atoms with Crippen LogP contribution in [0.4, 0.5) is 5.13 Å². The van der Waals surface area contributed by atoms with E-state index in [1.54, 1.807) is 17.0 Å². The summed E-state index contributed by atoms with van der Waals surface area (Å²) >= 11 is 1.42. The molecule has 3 heterocycles. The third-order valence-corrected chi connectivity index (χ3v) is 10.6. The molecule has 3 aromatic carbocycles. The minimum absolute atomic E-state index is 0.178. The van der Waals surface area contributed by atoms with Crippen molar-refractivity contribution in [3.05, 3.63) is 77.4 Å². The molecule has 11 heteroatoms. The van der Waals surface area contributed by atoms with E-state index in [9.17, 15) is 13.2 Å². The highest BCUT2D eigenvalue weighted by Crippen LogP contribution is 2.40. The van der Waals surface area contributed by atoms with Crippen LogP contribution < -0.4 is 14.4 Å². The van der Waals surface area contributed by atoms with Gasteiger partial charge in [-0.1, -0.05) is 49.4 Å². The number of rotatable bonds is 9. The lowest BCUT2D eigenvalue weighted by Crippen LogP contribution is -2.39. The largest absolute Gasteiger partial charge is 0.454 e. The second-order valence-corrected chi connectivity index (χ2v) is 13.0. The average Bonchev–Trinajstić information content (AvgIpc) is 3.63. The van der Waals surface area contributed by atoms with Gasteiger partial charge in [0.2, 0.25) is 16.8 Å². The van der Waals surface area contributed by atoms with Crippen LogP contribution in [-0.4, -0.2) is 68.0 Å². The number of anilines is 1. The van der Waals surface area contributed by atoms with Crippen LogP contribution in [0.2, 0.25) is 0 Å². The summed E-state index contributed by atoms with van der Waals surface area (Å²) in [5, 5.41) is 0.574. The monoisotopic (exact) mass is 592 g/mol. The number of fused-ring (bicyclic) bond motifs is 3. The van der Waals surface area contributed by atoms with Gasteiger partial charge in [-0.15, -0.1) is 0 Å². The molecule has 214 valence electrons. The summed E-state index contributed by atoms with van der Waals surface area (Å²) in [5.41, 5.74) is 3.35. The zero-order valence-electron chi connectivity index (χ0n) is 23.1. The Bertz CT molecular complexity index is 1640. The van der Waals surface area contributed by atoms with Crippen molar-refractivity contribution in [1.82, 2.24) is 14.2 Å². The van der Waals surface area contributed by atoms with Crippen molar-refractivity contribution in [2.24, 2.45) is 0 Å². The number of ether oxygens (including phenoxy) is 2. The fourth-order valence-corrected chi connectivity index (χ4v) is 7.66. The molecular formula is C30H32N4O5S2. The first-order valence-corrected chi connectivity index (χ1v) is 16.0. The molecule has 6 rings (SSSR count). The predicted molar refractivity (Wildman–Crippen MR) is 159 cm³/mol. The van der Waals surface area contributed by atoms with Gasteiger partial charge in [0, 0.05) is 43.9 Å². The van der Waals surface area contributed by atoms with E-state index in [2.05, 4.69) is 18.7 Å². The van der Waals surface area contributed by atoms with Crippen LogP contribution in [0, 0.1) is 0 Å². The van der Waals surface area contributed by atoms with Crippen molar-refractivity contribution in [2.75, 3.05) is 44.4 Å². The van der Waals surface area contributed by atoms with Gasteiger partial charge >= 0.3 is 0 Å². The lowest BCUT2D eigenvalue weighted by molar-refractivity contribution is 0.0983. The molecule has 0 saturated heterocycles. The summed E-state index contributed by atoms with van der Waals surface area (Å²) in [6, 6.07) is 17.9. The van der Waals surface area contributed by atoms with Gasteiger partial charge in [-0.25, -0.2) is 13.4 Å². The zero-order chi connectivity index (χ0) is 28.6. The maximum absolute atomic E-state index is 13.9. The summed E-state index contributed by atoms with van der Waals surface area (Å²) in [6.45, 7) is 8.00. The van der Waals surface area contributed by atoms with E-state index in [1.165, 1.54) is 33.3 Å². The van der Waals surface area contributed by atoms with Crippen LogP contribution in [0.3, 0.4) is 0 Å². The first-order valence-electron chi connectivity index (χ1n) is 13.8. The van der Waals surface area contributed by atoms with Crippen LogP contribution >= 0.6 is 11.3 Å². The number of nitrogens with zero attached hydrogens (tertiary/aromatic N) is 4. The van der Waals surface area contributed by atoms with Crippen molar-refractivity contribution < 1.29 is 22.7 Å². The Kier molecular flexibility index (Phi) is 7.69. The SMILES string of the molecule is CCN(CC)CCN(C(=O)c1ccc(S(=O)(=O)N2CCc3ccccc3C2)cc1)c1nc2cc3c(cc2s1)OCO3. The minimum atomic E-state index is -3.70. The molecule has 0 saturated carbocycles. The van der Waals surface area contributed by atoms with Crippen LogP contribution in [0.15, 0.2) is 65.6 Å². The van der Waals surface area contributed by atoms with Crippen molar-refractivity contribution in [1.29, 1.82) is 0 Å². The highest BCUT2D eigenvalue weighted by molar-refractivity contribution is 7.89. The third-order valence-electron chi connectivity index (χ3n) is 7.72. The van der Waals surface area contributed by atoms with Gasteiger partial charge in [-0.05, 0) is 54.9 Å². The molecule has 1 amide bonds. The molecule has 0 fully saturated rings. The molecule has 2 aliphatic rings. The maximum atomic E-state index is 13.9. The number of amides is 1. The quantitative estimate of drug-likeness (QED) is 0.277. The lowest BCUT2D eigenvalue weighted by atomic mass is 10.0. The summed E-state index contributed by atoms with van der Waals surface area (Å²) < 4.78 is 40.3. The highest BCUT2D eigenvalue weighted by atomic mass is 32.2. The second-order valence-electron chi connectivity index (χ2n) is 10.0. The van der Waals surface area contributed by atoms with Gasteiger partial charge in [-0.2, -0.15) is 4.31 Å². The van der Waals surface area contributed by atoms with Gasteiger partial charge in [-0.3, -0.25) is 9.69 Å². The number of hydrogen-bond acceptors (Lipinski definition) is 8. The Morgan fingerprint density at radius 3 is 2.41 bits per heavy atom. The molecule has 9 nitrogen and oxygen atoms in total. The molecule has 0 atom stereocenters. The van der Waals surface area contributed by atoms with Gasteiger partial charge in [0.25, 0.3) is 5.91 Å². The highest BCUT2D eigenvalue weighted by Gasteiger charge is 2.29. The molecule has 0 radical (unpaired) electrons. The number of benzene rings is 3. The first-order chi connectivity index (χ1) is 19.9. The molecule has 0 unspecified atom stereocenters. The van der Waals surface area contributed by atoms with E-state index in [1.807, 2.05) is 36.4 Å². The van der Waals surface area contributed by atoms with Crippen molar-refractivity contribution in [3.63, 3.8) is 0 Å². The topological polar surface area (TPSA) is 92.3 Å². The van der Waals surface area contributed by atoms with Crippen LogP contribution in [-0.2, 0) is 23.0 Å². The minimum Gasteiger partial charge on any atom is -0.454 e. The number of sulfonamides is 1. The maximum Gasteiger partial charge on any atom is 0.260 e. The van der Waals surface area contributed by atoms with Gasteiger partial charge < -0.3 is 14.4 Å². The van der Waals surface area contributed by atoms with E-state index < -0.39 is 10.0 Å². The van der Waals surface area contributed by atoms with E-state index in [0.29, 0.717) is 54.8 Å². The summed E-state index contributed by atoms with van der Waals surface area (Å²) in [7, 11) is -3.70. The van der Waals surface area contributed by atoms with Crippen LogP contribution in [0.25, 0.3) is 10.2 Å². The smallest absolute Gasteiger partial charge is 0.260 e. The van der Waals surface area contributed by atoms with Crippen molar-refractivity contribution in [3.8, 4) is 11.5 Å². The lowest BCUT2D eigenvalue weighted by Gasteiger charge is -2.28. The summed E-state index contributed by atoms with van der Waals surface area (Å²) in [5.74, 6) is 1.08. The standard InChI is InChI=1S/C30H32N4O5S2/c1-3-32(4-2)15-16-34(30-31-25-17-26-27(39-20-38-26)18-28(25)40-30)29(35)22-9-11-24(12-10-22)41(36,37)33-14-13-21-7-5-6-8-23(21)19-33/h5-12,17-18H,3-4,13-16,19-20H2,1-2H3. The van der Waals surface area contributed by atoms with Crippen molar-refractivity contribution in [2.45, 2.75) is 31.7 Å². The number of likely N-dealkylation sites (N-methyl/N-ethyl adjacent to an activating group) is 1. The number of carbonyl (C=O) groups is 1. The van der Waals surface area contributed by atoms with E-state index in [0.717, 1.165) is 28.9 Å². The van der Waals surface area contributed by atoms with E-state index in [4.69, 9.17) is 14.5 Å². The zero-order valence-corrected chi connectivity index (χ0v) is 24.7. The van der Waals surface area contributed by atoms with E-state index in [-0.39, 0.29) is 17.6 Å². The van der Waals surface area contributed by atoms with Crippen LogP contribution in [0.5, 0.6) is 11.5 Å². The number of aromatic nitrogens is 1. The second kappa shape index (κ2) is 11.4. The van der Waals surface area contributed by atoms with Gasteiger partial charge in [0.15, 0.2) is 16.6 Å². The summed E-state index contributed by atoms with van der Waals surface area (Å²) in [6.07, 6.45) is 0.677. The Labute approximate surface area is 244 Å². The molecule has 41 heavy (non-hydrogen) atoms. The predicted octanol–water partition coefficient (Wildman–Crippen LogP) is 4.76. The molecule has 4 aromatic rings. The fourth-order valence-electron chi connectivity index (χ4n) is 5.24. The molecular weight excluding hydrogens is 560 g/mol. The third kappa shape index (κ3) is 5.42. The Balaban J connectivity index is 1.26. The molecule has 0 N–H and O–H groups in total. The Morgan fingerprint density at radius 1 is 0.976 bits per heavy atom. The van der Waals surface area contributed by atoms with Gasteiger partial charge in [0.05, 0.1) is 15.1 Å². The average molecular weight is 593 g/mol. The molecule has 0 aliphatic carbocycles. The number of hydrogen-bond donors (Lipinski definition) is 0. The van der Waals surface area contributed by atoms with E-state index >= 15 is 0 Å². The molecule has 1 aromatic heterocycles. The Morgan fingerprint density at radius 2 is 1.68 bits per heavy atom. The van der Waals surface area contributed by atoms with Gasteiger partial charge in [0.1, 0.15) is 0 Å². The Hall–Kier alpha value is -3.51. The van der Waals surface area contributed by atoms with Crippen LogP contribution in [0.1, 0.15) is 35.3 Å². The molecule has 0 bridgehead atoms. The number of thiazole rings is 1. The molecule has 0 spiro atoms. The van der Waals surface area contributed by atoms with Crippen molar-refractivity contribution >= 4 is 42.6 Å². The molecule has 2 aliphatic heterocycles. The summed E-state index contributed by atoms with van der Waals surface area (Å²) in [4.78, 5) is 22.8. The normalized spacial score (nSPS) is 14.9. The first kappa shape index (κ1) is 27.6. The fraction of sp³-hybridized carbons (Fsp3) is 0.333.